The van der Waals surface area contributed by atoms with Gasteiger partial charge in [-0.05, 0) is 30.4 Å². The van der Waals surface area contributed by atoms with E-state index in [0.717, 1.165) is 4.88 Å². The van der Waals surface area contributed by atoms with Crippen LogP contribution in [-0.2, 0) is 16.1 Å². The van der Waals surface area contributed by atoms with Crippen LogP contribution in [0, 0.1) is 12.8 Å². The number of carbonyl (C=O) groups excluding carboxylic acids is 2. The fourth-order valence-electron chi connectivity index (χ4n) is 2.87. The highest BCUT2D eigenvalue weighted by Gasteiger charge is 2.26. The van der Waals surface area contributed by atoms with E-state index < -0.39 is 12.0 Å². The monoisotopic (exact) mass is 386 g/mol. The van der Waals surface area contributed by atoms with Crippen LogP contribution in [0.4, 0.5) is 0 Å². The van der Waals surface area contributed by atoms with Crippen LogP contribution in [0.2, 0.25) is 0 Å². The maximum Gasteiger partial charge on any atom is 0.328 e. The number of hydrogen-bond acceptors (Lipinski definition) is 6. The SMILES string of the molecule is COC(=O)C(NC(=O)c1cc(C)nc2c1cnn2Cc1cccs1)C(C)C. The predicted octanol–water partition coefficient (Wildman–Crippen LogP) is 2.78. The van der Waals surface area contributed by atoms with Gasteiger partial charge in [0.2, 0.25) is 0 Å². The summed E-state index contributed by atoms with van der Waals surface area (Å²) in [6.07, 6.45) is 1.65. The minimum Gasteiger partial charge on any atom is -0.467 e. The molecule has 0 aliphatic heterocycles. The quantitative estimate of drug-likeness (QED) is 0.659. The lowest BCUT2D eigenvalue weighted by Gasteiger charge is -2.20. The van der Waals surface area contributed by atoms with Crippen molar-refractivity contribution in [3.63, 3.8) is 0 Å². The van der Waals surface area contributed by atoms with Gasteiger partial charge in [-0.1, -0.05) is 19.9 Å². The Bertz CT molecular complexity index is 963. The average Bonchev–Trinajstić information content (AvgIpc) is 3.28. The summed E-state index contributed by atoms with van der Waals surface area (Å²) in [5.41, 5.74) is 1.80. The summed E-state index contributed by atoms with van der Waals surface area (Å²) >= 11 is 1.64. The van der Waals surface area contributed by atoms with Crippen LogP contribution in [-0.4, -0.2) is 39.8 Å². The second kappa shape index (κ2) is 7.87. The molecule has 0 aromatic carbocycles. The van der Waals surface area contributed by atoms with E-state index in [1.165, 1.54) is 7.11 Å². The molecule has 3 aromatic rings. The van der Waals surface area contributed by atoms with E-state index in [-0.39, 0.29) is 11.8 Å². The van der Waals surface area contributed by atoms with Gasteiger partial charge >= 0.3 is 5.97 Å². The van der Waals surface area contributed by atoms with Gasteiger partial charge < -0.3 is 10.1 Å². The number of hydrogen-bond donors (Lipinski definition) is 1. The second-order valence-corrected chi connectivity index (χ2v) is 7.68. The summed E-state index contributed by atoms with van der Waals surface area (Å²) in [6.45, 7) is 6.14. The molecule has 0 saturated heterocycles. The number of aryl methyl sites for hydroxylation is 1. The first-order valence-electron chi connectivity index (χ1n) is 8.65. The first-order chi connectivity index (χ1) is 12.9. The van der Waals surface area contributed by atoms with Crippen molar-refractivity contribution in [3.05, 3.63) is 45.9 Å². The number of fused-ring (bicyclic) bond motifs is 1. The number of carbonyl (C=O) groups is 2. The van der Waals surface area contributed by atoms with Crippen LogP contribution in [0.1, 0.15) is 34.8 Å². The van der Waals surface area contributed by atoms with Crippen molar-refractivity contribution in [1.29, 1.82) is 0 Å². The Kier molecular flexibility index (Phi) is 5.55. The number of methoxy groups -OCH3 is 1. The molecule has 1 N–H and O–H groups in total. The Morgan fingerprint density at radius 1 is 1.37 bits per heavy atom. The number of amides is 1. The fourth-order valence-corrected chi connectivity index (χ4v) is 3.56. The molecular formula is C19H22N4O3S. The summed E-state index contributed by atoms with van der Waals surface area (Å²) in [6, 6.07) is 5.02. The molecule has 0 aliphatic carbocycles. The van der Waals surface area contributed by atoms with Crippen molar-refractivity contribution in [3.8, 4) is 0 Å². The molecular weight excluding hydrogens is 364 g/mol. The molecule has 3 aromatic heterocycles. The molecule has 1 unspecified atom stereocenters. The van der Waals surface area contributed by atoms with E-state index in [4.69, 9.17) is 4.74 Å². The van der Waals surface area contributed by atoms with Gasteiger partial charge in [-0.2, -0.15) is 5.10 Å². The third-order valence-electron chi connectivity index (χ3n) is 4.28. The van der Waals surface area contributed by atoms with Crippen molar-refractivity contribution < 1.29 is 14.3 Å². The van der Waals surface area contributed by atoms with E-state index in [0.29, 0.717) is 28.8 Å². The molecule has 8 heteroatoms. The molecule has 0 spiro atoms. The predicted molar refractivity (Wildman–Crippen MR) is 104 cm³/mol. The van der Waals surface area contributed by atoms with Crippen molar-refractivity contribution in [2.24, 2.45) is 5.92 Å². The van der Waals surface area contributed by atoms with Gasteiger partial charge in [0.25, 0.3) is 5.91 Å². The largest absolute Gasteiger partial charge is 0.467 e. The summed E-state index contributed by atoms with van der Waals surface area (Å²) in [5.74, 6) is -0.902. The average molecular weight is 386 g/mol. The van der Waals surface area contributed by atoms with E-state index in [2.05, 4.69) is 15.4 Å². The molecule has 0 bridgehead atoms. The topological polar surface area (TPSA) is 86.1 Å². The number of pyridine rings is 1. The normalized spacial score (nSPS) is 12.3. The minimum absolute atomic E-state index is 0.0959. The molecule has 0 fully saturated rings. The Morgan fingerprint density at radius 3 is 2.78 bits per heavy atom. The maximum absolute atomic E-state index is 12.9. The number of nitrogens with zero attached hydrogens (tertiary/aromatic N) is 3. The lowest BCUT2D eigenvalue weighted by molar-refractivity contribution is -0.144. The van der Waals surface area contributed by atoms with Crippen molar-refractivity contribution >= 4 is 34.2 Å². The van der Waals surface area contributed by atoms with E-state index in [9.17, 15) is 9.59 Å². The first kappa shape index (κ1) is 19.0. The fraction of sp³-hybridized carbons (Fsp3) is 0.368. The highest BCUT2D eigenvalue weighted by atomic mass is 32.1. The summed E-state index contributed by atoms with van der Waals surface area (Å²) in [4.78, 5) is 30.6. The van der Waals surface area contributed by atoms with E-state index in [1.807, 2.05) is 38.3 Å². The number of nitrogens with one attached hydrogen (secondary N) is 1. The zero-order valence-electron chi connectivity index (χ0n) is 15.7. The van der Waals surface area contributed by atoms with Crippen LogP contribution in [0.25, 0.3) is 11.0 Å². The summed E-state index contributed by atoms with van der Waals surface area (Å²) in [5, 5.41) is 9.86. The molecule has 142 valence electrons. The third kappa shape index (κ3) is 4.00. The first-order valence-corrected chi connectivity index (χ1v) is 9.53. The van der Waals surface area contributed by atoms with E-state index in [1.54, 1.807) is 28.3 Å². The van der Waals surface area contributed by atoms with Crippen LogP contribution in [0.5, 0.6) is 0 Å². The smallest absolute Gasteiger partial charge is 0.328 e. The molecule has 1 amide bonds. The lowest BCUT2D eigenvalue weighted by Crippen LogP contribution is -2.45. The zero-order valence-corrected chi connectivity index (χ0v) is 16.5. The highest BCUT2D eigenvalue weighted by Crippen LogP contribution is 2.21. The molecule has 0 aliphatic rings. The Morgan fingerprint density at radius 2 is 2.15 bits per heavy atom. The van der Waals surface area contributed by atoms with Gasteiger partial charge in [0.05, 0.1) is 30.8 Å². The third-order valence-corrected chi connectivity index (χ3v) is 5.14. The molecule has 0 saturated carbocycles. The Hall–Kier alpha value is -2.74. The van der Waals surface area contributed by atoms with Crippen molar-refractivity contribution in [2.75, 3.05) is 7.11 Å². The van der Waals surface area contributed by atoms with Gasteiger partial charge in [-0.25, -0.2) is 14.5 Å². The molecule has 7 nitrogen and oxygen atoms in total. The number of aromatic nitrogens is 3. The summed E-state index contributed by atoms with van der Waals surface area (Å²) < 4.78 is 6.59. The Balaban J connectivity index is 1.95. The number of esters is 1. The van der Waals surface area contributed by atoms with E-state index >= 15 is 0 Å². The standard InChI is InChI=1S/C19H22N4O3S/c1-11(2)16(19(25)26-4)22-18(24)14-8-12(3)21-17-15(14)9-20-23(17)10-13-6-5-7-27-13/h5-9,11,16H,10H2,1-4H3,(H,22,24). The summed E-state index contributed by atoms with van der Waals surface area (Å²) in [7, 11) is 1.31. The van der Waals surface area contributed by atoms with Crippen LogP contribution < -0.4 is 5.32 Å². The van der Waals surface area contributed by atoms with Crippen molar-refractivity contribution in [1.82, 2.24) is 20.1 Å². The molecule has 1 atom stereocenters. The van der Waals surface area contributed by atoms with Gasteiger partial charge in [-0.15, -0.1) is 11.3 Å². The molecule has 3 rings (SSSR count). The lowest BCUT2D eigenvalue weighted by atomic mass is 10.0. The molecule has 27 heavy (non-hydrogen) atoms. The van der Waals surface area contributed by atoms with Crippen molar-refractivity contribution in [2.45, 2.75) is 33.4 Å². The molecule has 3 heterocycles. The second-order valence-electron chi connectivity index (χ2n) is 6.65. The number of ether oxygens (including phenoxy) is 1. The minimum atomic E-state index is -0.716. The van der Waals surface area contributed by atoms with Gasteiger partial charge in [0.1, 0.15) is 6.04 Å². The van der Waals surface area contributed by atoms with Gasteiger partial charge in [0, 0.05) is 10.6 Å². The zero-order chi connectivity index (χ0) is 19.6. The number of thiophene rings is 1. The maximum atomic E-state index is 12.9. The number of rotatable bonds is 6. The van der Waals surface area contributed by atoms with Crippen LogP contribution >= 0.6 is 11.3 Å². The van der Waals surface area contributed by atoms with Gasteiger partial charge in [-0.3, -0.25) is 4.79 Å². The van der Waals surface area contributed by atoms with Crippen LogP contribution in [0.3, 0.4) is 0 Å². The van der Waals surface area contributed by atoms with Gasteiger partial charge in [0.15, 0.2) is 5.65 Å². The highest BCUT2D eigenvalue weighted by molar-refractivity contribution is 7.09. The molecule has 0 radical (unpaired) electrons. The Labute approximate surface area is 161 Å². The van der Waals surface area contributed by atoms with Crippen LogP contribution in [0.15, 0.2) is 29.8 Å².